The molecule has 1 amide bonds. The Morgan fingerprint density at radius 2 is 1.76 bits per heavy atom. The summed E-state index contributed by atoms with van der Waals surface area (Å²) >= 11 is 0. The number of methoxy groups -OCH3 is 1. The Labute approximate surface area is 189 Å². The zero-order valence-electron chi connectivity index (χ0n) is 17.5. The largest absolute Gasteiger partial charge is 0.493 e. The van der Waals surface area contributed by atoms with Crippen LogP contribution in [0, 0.1) is 17.1 Å². The van der Waals surface area contributed by atoms with E-state index in [1.54, 1.807) is 30.3 Å². The Morgan fingerprint density at radius 1 is 1.06 bits per heavy atom. The van der Waals surface area contributed by atoms with Gasteiger partial charge in [-0.3, -0.25) is 4.79 Å². The van der Waals surface area contributed by atoms with Gasteiger partial charge >= 0.3 is 5.97 Å². The minimum absolute atomic E-state index is 0.0814. The fourth-order valence-corrected chi connectivity index (χ4v) is 2.84. The van der Waals surface area contributed by atoms with Crippen LogP contribution in [0.3, 0.4) is 0 Å². The maximum Gasteiger partial charge on any atom is 0.335 e. The number of aromatic carboxylic acids is 1. The van der Waals surface area contributed by atoms with E-state index < -0.39 is 11.9 Å². The van der Waals surface area contributed by atoms with Gasteiger partial charge < -0.3 is 19.9 Å². The standard InChI is InChI=1S/C25H19FN2O5/c1-32-23-13-17(4-11-22(23)33-15-16-2-7-20(26)8-3-16)12-19(14-27)24(29)28-21-9-5-18(6-10-21)25(30)31/h2-13H,15H2,1H3,(H,28,29)(H,30,31)/b19-12+. The Hall–Kier alpha value is -4.64. The van der Waals surface area contributed by atoms with Crippen molar-refractivity contribution in [3.8, 4) is 17.6 Å². The van der Waals surface area contributed by atoms with E-state index >= 15 is 0 Å². The van der Waals surface area contributed by atoms with Crippen molar-refractivity contribution >= 4 is 23.6 Å². The van der Waals surface area contributed by atoms with Crippen molar-refractivity contribution in [3.05, 3.63) is 94.8 Å². The highest BCUT2D eigenvalue weighted by molar-refractivity contribution is 6.09. The fourth-order valence-electron chi connectivity index (χ4n) is 2.84. The number of nitrogens with zero attached hydrogens (tertiary/aromatic N) is 1. The molecule has 0 saturated heterocycles. The number of benzene rings is 3. The first kappa shape index (κ1) is 23.0. The zero-order valence-corrected chi connectivity index (χ0v) is 17.5. The molecule has 3 rings (SSSR count). The minimum Gasteiger partial charge on any atom is -0.493 e. The lowest BCUT2D eigenvalue weighted by atomic mass is 10.1. The van der Waals surface area contributed by atoms with Gasteiger partial charge in [0.15, 0.2) is 11.5 Å². The van der Waals surface area contributed by atoms with Crippen molar-refractivity contribution in [1.29, 1.82) is 5.26 Å². The van der Waals surface area contributed by atoms with Crippen molar-refractivity contribution < 1.29 is 28.6 Å². The summed E-state index contributed by atoms with van der Waals surface area (Å²) in [5.41, 5.74) is 1.60. The van der Waals surface area contributed by atoms with E-state index in [0.717, 1.165) is 5.56 Å². The lowest BCUT2D eigenvalue weighted by Gasteiger charge is -2.12. The van der Waals surface area contributed by atoms with Gasteiger partial charge in [-0.05, 0) is 65.7 Å². The molecule has 0 aromatic heterocycles. The number of carboxylic acids is 1. The molecule has 0 heterocycles. The highest BCUT2D eigenvalue weighted by Crippen LogP contribution is 2.30. The van der Waals surface area contributed by atoms with Crippen LogP contribution in [-0.2, 0) is 11.4 Å². The van der Waals surface area contributed by atoms with Crippen LogP contribution in [0.4, 0.5) is 10.1 Å². The molecule has 0 unspecified atom stereocenters. The average Bonchev–Trinajstić information content (AvgIpc) is 2.82. The molecular weight excluding hydrogens is 427 g/mol. The quantitative estimate of drug-likeness (QED) is 0.385. The number of carbonyl (C=O) groups excluding carboxylic acids is 1. The Balaban J connectivity index is 1.72. The van der Waals surface area contributed by atoms with Crippen molar-refractivity contribution in [3.63, 3.8) is 0 Å². The smallest absolute Gasteiger partial charge is 0.335 e. The summed E-state index contributed by atoms with van der Waals surface area (Å²) in [6.07, 6.45) is 1.40. The number of anilines is 1. The van der Waals surface area contributed by atoms with Gasteiger partial charge in [-0.1, -0.05) is 18.2 Å². The Morgan fingerprint density at radius 3 is 2.36 bits per heavy atom. The molecule has 7 nitrogen and oxygen atoms in total. The highest BCUT2D eigenvalue weighted by Gasteiger charge is 2.12. The molecule has 0 fully saturated rings. The molecule has 0 aliphatic carbocycles. The number of rotatable bonds is 8. The highest BCUT2D eigenvalue weighted by atomic mass is 19.1. The molecule has 0 saturated carbocycles. The maximum atomic E-state index is 13.0. The molecule has 8 heteroatoms. The number of halogens is 1. The second-order valence-corrected chi connectivity index (χ2v) is 6.83. The van der Waals surface area contributed by atoms with E-state index in [9.17, 15) is 19.2 Å². The lowest BCUT2D eigenvalue weighted by Crippen LogP contribution is -2.13. The first-order chi connectivity index (χ1) is 15.9. The molecule has 3 aromatic carbocycles. The number of ether oxygens (including phenoxy) is 2. The summed E-state index contributed by atoms with van der Waals surface area (Å²) < 4.78 is 24.1. The molecule has 0 atom stereocenters. The van der Waals surface area contributed by atoms with Crippen molar-refractivity contribution in [2.75, 3.05) is 12.4 Å². The van der Waals surface area contributed by atoms with Gasteiger partial charge in [-0.25, -0.2) is 9.18 Å². The predicted molar refractivity (Wildman–Crippen MR) is 119 cm³/mol. The first-order valence-corrected chi connectivity index (χ1v) is 9.71. The van der Waals surface area contributed by atoms with Crippen LogP contribution in [0.2, 0.25) is 0 Å². The van der Waals surface area contributed by atoms with Crippen LogP contribution in [0.1, 0.15) is 21.5 Å². The van der Waals surface area contributed by atoms with E-state index in [0.29, 0.717) is 22.7 Å². The molecule has 0 aliphatic rings. The SMILES string of the molecule is COc1cc(/C=C(\C#N)C(=O)Nc2ccc(C(=O)O)cc2)ccc1OCc1ccc(F)cc1. The average molecular weight is 446 g/mol. The van der Waals surface area contributed by atoms with Crippen LogP contribution in [-0.4, -0.2) is 24.1 Å². The summed E-state index contributed by atoms with van der Waals surface area (Å²) in [7, 11) is 1.46. The molecule has 0 spiro atoms. The summed E-state index contributed by atoms with van der Waals surface area (Å²) in [5.74, 6) is -1.21. The minimum atomic E-state index is -1.08. The fraction of sp³-hybridized carbons (Fsp3) is 0.0800. The van der Waals surface area contributed by atoms with Gasteiger partial charge in [-0.2, -0.15) is 5.26 Å². The third-order valence-corrected chi connectivity index (χ3v) is 4.56. The first-order valence-electron chi connectivity index (χ1n) is 9.71. The number of hydrogen-bond donors (Lipinski definition) is 2. The third kappa shape index (κ3) is 6.18. The molecule has 3 aromatic rings. The molecule has 0 aliphatic heterocycles. The van der Waals surface area contributed by atoms with Gasteiger partial charge in [0, 0.05) is 5.69 Å². The number of hydrogen-bond acceptors (Lipinski definition) is 5. The Kier molecular flexibility index (Phi) is 7.39. The summed E-state index contributed by atoms with van der Waals surface area (Å²) in [6.45, 7) is 0.207. The van der Waals surface area contributed by atoms with Crippen molar-refractivity contribution in [2.45, 2.75) is 6.61 Å². The van der Waals surface area contributed by atoms with Gasteiger partial charge in [0.2, 0.25) is 0 Å². The monoisotopic (exact) mass is 446 g/mol. The van der Waals surface area contributed by atoms with Crippen molar-refractivity contribution in [2.24, 2.45) is 0 Å². The van der Waals surface area contributed by atoms with Gasteiger partial charge in [0.05, 0.1) is 12.7 Å². The van der Waals surface area contributed by atoms with Crippen LogP contribution >= 0.6 is 0 Å². The molecular formula is C25H19FN2O5. The number of nitriles is 1. The van der Waals surface area contributed by atoms with Crippen LogP contribution < -0.4 is 14.8 Å². The van der Waals surface area contributed by atoms with Gasteiger partial charge in [-0.15, -0.1) is 0 Å². The normalized spacial score (nSPS) is 10.8. The summed E-state index contributed by atoms with van der Waals surface area (Å²) in [5, 5.41) is 20.9. The molecule has 166 valence electrons. The van der Waals surface area contributed by atoms with Crippen LogP contribution in [0.25, 0.3) is 6.08 Å². The maximum absolute atomic E-state index is 13.0. The zero-order chi connectivity index (χ0) is 23.8. The lowest BCUT2D eigenvalue weighted by molar-refractivity contribution is -0.112. The molecule has 2 N–H and O–H groups in total. The van der Waals surface area contributed by atoms with E-state index in [2.05, 4.69) is 5.32 Å². The number of amides is 1. The van der Waals surface area contributed by atoms with E-state index in [4.69, 9.17) is 14.6 Å². The second kappa shape index (κ2) is 10.6. The van der Waals surface area contributed by atoms with E-state index in [1.165, 1.54) is 49.6 Å². The third-order valence-electron chi connectivity index (χ3n) is 4.56. The molecule has 0 radical (unpaired) electrons. The number of carboxylic acid groups (broad SMARTS) is 1. The number of nitrogens with one attached hydrogen (secondary N) is 1. The van der Waals surface area contributed by atoms with Gasteiger partial charge in [0.25, 0.3) is 5.91 Å². The summed E-state index contributed by atoms with van der Waals surface area (Å²) in [6, 6.07) is 18.3. The van der Waals surface area contributed by atoms with E-state index in [-0.39, 0.29) is 23.6 Å². The van der Waals surface area contributed by atoms with Crippen LogP contribution in [0.5, 0.6) is 11.5 Å². The van der Waals surface area contributed by atoms with Crippen LogP contribution in [0.15, 0.2) is 72.3 Å². The second-order valence-electron chi connectivity index (χ2n) is 6.83. The summed E-state index contributed by atoms with van der Waals surface area (Å²) in [4.78, 5) is 23.4. The van der Waals surface area contributed by atoms with E-state index in [1.807, 2.05) is 6.07 Å². The molecule has 33 heavy (non-hydrogen) atoms. The van der Waals surface area contributed by atoms with Crippen molar-refractivity contribution in [1.82, 2.24) is 0 Å². The number of carbonyl (C=O) groups is 2. The predicted octanol–water partition coefficient (Wildman–Crippen LogP) is 4.66. The molecule has 0 bridgehead atoms. The van der Waals surface area contributed by atoms with Gasteiger partial charge in [0.1, 0.15) is 24.1 Å². The Bertz CT molecular complexity index is 1230. The topological polar surface area (TPSA) is 109 Å².